The summed E-state index contributed by atoms with van der Waals surface area (Å²) >= 11 is 0. The summed E-state index contributed by atoms with van der Waals surface area (Å²) in [6, 6.07) is 13.2. The van der Waals surface area contributed by atoms with Crippen LogP contribution in [-0.4, -0.2) is 30.2 Å². The summed E-state index contributed by atoms with van der Waals surface area (Å²) in [7, 11) is 1.52. The standard InChI is InChI=1S/C22H22N2O5/c1-4-29-22(27)15-7-5-8-16(12-15)23-20(26)13-24-14(2)11-18(25)17-9-6-10-19(28-3)21(17)24/h5-12H,4,13H2,1-3H3,(H,23,26). The van der Waals surface area contributed by atoms with Crippen molar-refractivity contribution in [2.75, 3.05) is 19.0 Å². The lowest BCUT2D eigenvalue weighted by atomic mass is 10.1. The number of amides is 1. The highest BCUT2D eigenvalue weighted by Crippen LogP contribution is 2.24. The van der Waals surface area contributed by atoms with Crippen LogP contribution in [0, 0.1) is 6.92 Å². The number of nitrogens with zero attached hydrogens (tertiary/aromatic N) is 1. The van der Waals surface area contributed by atoms with Gasteiger partial charge in [0.2, 0.25) is 5.91 Å². The molecule has 0 aliphatic rings. The van der Waals surface area contributed by atoms with E-state index < -0.39 is 5.97 Å². The number of pyridine rings is 1. The van der Waals surface area contributed by atoms with E-state index in [1.165, 1.54) is 13.2 Å². The van der Waals surface area contributed by atoms with Crippen LogP contribution in [0.25, 0.3) is 10.9 Å². The summed E-state index contributed by atoms with van der Waals surface area (Å²) in [5.74, 6) is -0.235. The van der Waals surface area contributed by atoms with Gasteiger partial charge in [-0.05, 0) is 44.2 Å². The number of carbonyl (C=O) groups excluding carboxylic acids is 2. The number of nitrogens with one attached hydrogen (secondary N) is 1. The van der Waals surface area contributed by atoms with Crippen molar-refractivity contribution in [1.29, 1.82) is 0 Å². The van der Waals surface area contributed by atoms with E-state index in [-0.39, 0.29) is 24.5 Å². The Labute approximate surface area is 167 Å². The van der Waals surface area contributed by atoms with Gasteiger partial charge in [0.25, 0.3) is 0 Å². The van der Waals surface area contributed by atoms with Crippen LogP contribution in [0.15, 0.2) is 53.3 Å². The van der Waals surface area contributed by atoms with Crippen molar-refractivity contribution in [3.05, 3.63) is 70.0 Å². The number of para-hydroxylation sites is 1. The fourth-order valence-electron chi connectivity index (χ4n) is 3.17. The van der Waals surface area contributed by atoms with Gasteiger partial charge < -0.3 is 19.4 Å². The minimum Gasteiger partial charge on any atom is -0.495 e. The largest absolute Gasteiger partial charge is 0.495 e. The monoisotopic (exact) mass is 394 g/mol. The smallest absolute Gasteiger partial charge is 0.338 e. The maximum atomic E-state index is 12.7. The molecule has 1 heterocycles. The third-order valence-electron chi connectivity index (χ3n) is 4.48. The van der Waals surface area contributed by atoms with Crippen LogP contribution < -0.4 is 15.5 Å². The topological polar surface area (TPSA) is 86.6 Å². The van der Waals surface area contributed by atoms with Gasteiger partial charge in [0, 0.05) is 22.8 Å². The van der Waals surface area contributed by atoms with Gasteiger partial charge >= 0.3 is 5.97 Å². The maximum Gasteiger partial charge on any atom is 0.338 e. The molecule has 1 amide bonds. The van der Waals surface area contributed by atoms with Crippen LogP contribution >= 0.6 is 0 Å². The minimum absolute atomic E-state index is 0.0212. The Hall–Kier alpha value is -3.61. The van der Waals surface area contributed by atoms with E-state index in [0.29, 0.717) is 33.6 Å². The quantitative estimate of drug-likeness (QED) is 0.649. The number of aryl methyl sites for hydroxylation is 1. The number of rotatable bonds is 6. The van der Waals surface area contributed by atoms with E-state index in [9.17, 15) is 14.4 Å². The average molecular weight is 394 g/mol. The zero-order valence-corrected chi connectivity index (χ0v) is 16.5. The third kappa shape index (κ3) is 4.29. The van der Waals surface area contributed by atoms with Crippen molar-refractivity contribution in [3.63, 3.8) is 0 Å². The number of fused-ring (bicyclic) bond motifs is 1. The fraction of sp³-hybridized carbons (Fsp3) is 0.227. The molecule has 3 aromatic rings. The lowest BCUT2D eigenvalue weighted by molar-refractivity contribution is -0.116. The molecule has 0 spiro atoms. The number of carbonyl (C=O) groups is 2. The number of benzene rings is 2. The number of esters is 1. The molecule has 29 heavy (non-hydrogen) atoms. The second-order valence-corrected chi connectivity index (χ2v) is 6.44. The first-order valence-corrected chi connectivity index (χ1v) is 9.18. The summed E-state index contributed by atoms with van der Waals surface area (Å²) in [4.78, 5) is 36.9. The van der Waals surface area contributed by atoms with Gasteiger partial charge in [0.05, 0.1) is 24.8 Å². The highest BCUT2D eigenvalue weighted by atomic mass is 16.5. The Morgan fingerprint density at radius 3 is 2.59 bits per heavy atom. The van der Waals surface area contributed by atoms with Gasteiger partial charge in [-0.25, -0.2) is 4.79 Å². The number of hydrogen-bond acceptors (Lipinski definition) is 5. The molecule has 0 bridgehead atoms. The molecule has 0 radical (unpaired) electrons. The number of ether oxygens (including phenoxy) is 2. The Morgan fingerprint density at radius 2 is 1.86 bits per heavy atom. The van der Waals surface area contributed by atoms with Crippen LogP contribution in [0.1, 0.15) is 23.0 Å². The SMILES string of the molecule is CCOC(=O)c1cccc(NC(=O)Cn2c(C)cc(=O)c3cccc(OC)c32)c1. The molecule has 0 fully saturated rings. The number of aromatic nitrogens is 1. The molecule has 0 unspecified atom stereocenters. The Balaban J connectivity index is 1.90. The molecule has 150 valence electrons. The summed E-state index contributed by atoms with van der Waals surface area (Å²) in [5, 5.41) is 3.26. The molecule has 1 aromatic heterocycles. The molecular weight excluding hydrogens is 372 g/mol. The predicted octanol–water partition coefficient (Wildman–Crippen LogP) is 3.13. The Kier molecular flexibility index (Phi) is 5.97. The average Bonchev–Trinajstić information content (AvgIpc) is 2.71. The van der Waals surface area contributed by atoms with Crippen molar-refractivity contribution in [2.24, 2.45) is 0 Å². The second kappa shape index (κ2) is 8.60. The van der Waals surface area contributed by atoms with Crippen LogP contribution in [0.3, 0.4) is 0 Å². The molecule has 1 N–H and O–H groups in total. The lowest BCUT2D eigenvalue weighted by Crippen LogP contribution is -2.22. The Bertz CT molecular complexity index is 1130. The predicted molar refractivity (Wildman–Crippen MR) is 111 cm³/mol. The first-order valence-electron chi connectivity index (χ1n) is 9.18. The zero-order valence-electron chi connectivity index (χ0n) is 16.5. The van der Waals surface area contributed by atoms with Crippen molar-refractivity contribution in [2.45, 2.75) is 20.4 Å². The van der Waals surface area contributed by atoms with Crippen LogP contribution in [-0.2, 0) is 16.1 Å². The highest BCUT2D eigenvalue weighted by molar-refractivity contribution is 5.95. The van der Waals surface area contributed by atoms with E-state index in [2.05, 4.69) is 5.32 Å². The number of hydrogen-bond donors (Lipinski definition) is 1. The molecule has 0 atom stereocenters. The molecule has 0 aliphatic carbocycles. The number of anilines is 1. The van der Waals surface area contributed by atoms with Crippen molar-refractivity contribution in [3.8, 4) is 5.75 Å². The van der Waals surface area contributed by atoms with Gasteiger partial charge in [-0.2, -0.15) is 0 Å². The summed E-state index contributed by atoms with van der Waals surface area (Å²) < 4.78 is 12.1. The van der Waals surface area contributed by atoms with Crippen LogP contribution in [0.4, 0.5) is 5.69 Å². The molecule has 0 aliphatic heterocycles. The van der Waals surface area contributed by atoms with Gasteiger partial charge in [-0.1, -0.05) is 12.1 Å². The van der Waals surface area contributed by atoms with E-state index >= 15 is 0 Å². The molecule has 2 aromatic carbocycles. The Morgan fingerprint density at radius 1 is 1.10 bits per heavy atom. The third-order valence-corrected chi connectivity index (χ3v) is 4.48. The molecule has 0 saturated heterocycles. The van der Waals surface area contributed by atoms with E-state index in [1.807, 2.05) is 0 Å². The maximum absolute atomic E-state index is 12.7. The molecular formula is C22H22N2O5. The van der Waals surface area contributed by atoms with Gasteiger partial charge in [0.15, 0.2) is 5.43 Å². The fourth-order valence-corrected chi connectivity index (χ4v) is 3.17. The van der Waals surface area contributed by atoms with Crippen molar-refractivity contribution >= 4 is 28.5 Å². The summed E-state index contributed by atoms with van der Waals surface area (Å²) in [5.41, 5.74) is 1.92. The van der Waals surface area contributed by atoms with Crippen LogP contribution in [0.2, 0.25) is 0 Å². The molecule has 7 heteroatoms. The number of methoxy groups -OCH3 is 1. The molecule has 3 rings (SSSR count). The van der Waals surface area contributed by atoms with Crippen LogP contribution in [0.5, 0.6) is 5.75 Å². The normalized spacial score (nSPS) is 10.6. The zero-order chi connectivity index (χ0) is 21.0. The minimum atomic E-state index is -0.449. The van der Waals surface area contributed by atoms with Crippen molar-refractivity contribution < 1.29 is 19.1 Å². The molecule has 0 saturated carbocycles. The van der Waals surface area contributed by atoms with Gasteiger partial charge in [0.1, 0.15) is 12.3 Å². The second-order valence-electron chi connectivity index (χ2n) is 6.44. The van der Waals surface area contributed by atoms with E-state index in [4.69, 9.17) is 9.47 Å². The first-order chi connectivity index (χ1) is 13.9. The van der Waals surface area contributed by atoms with E-state index in [0.717, 1.165) is 0 Å². The van der Waals surface area contributed by atoms with Gasteiger partial charge in [-0.3, -0.25) is 9.59 Å². The highest BCUT2D eigenvalue weighted by Gasteiger charge is 2.15. The summed E-state index contributed by atoms with van der Waals surface area (Å²) in [6.45, 7) is 3.75. The van der Waals surface area contributed by atoms with Crippen molar-refractivity contribution in [1.82, 2.24) is 4.57 Å². The van der Waals surface area contributed by atoms with E-state index in [1.54, 1.807) is 60.9 Å². The van der Waals surface area contributed by atoms with Gasteiger partial charge in [-0.15, -0.1) is 0 Å². The lowest BCUT2D eigenvalue weighted by Gasteiger charge is -2.17. The molecule has 7 nitrogen and oxygen atoms in total. The first kappa shape index (κ1) is 20.1. The summed E-state index contributed by atoms with van der Waals surface area (Å²) in [6.07, 6.45) is 0.